The second-order valence-corrected chi connectivity index (χ2v) is 7.58. The van der Waals surface area contributed by atoms with Crippen molar-refractivity contribution < 1.29 is 28.7 Å². The van der Waals surface area contributed by atoms with Gasteiger partial charge in [0.2, 0.25) is 0 Å². The third-order valence-corrected chi connectivity index (χ3v) is 5.36. The van der Waals surface area contributed by atoms with E-state index in [9.17, 15) is 19.2 Å². The minimum absolute atomic E-state index is 0.280. The number of rotatable bonds is 6. The van der Waals surface area contributed by atoms with Crippen LogP contribution in [0, 0.1) is 5.92 Å². The number of nitrogens with zero attached hydrogens (tertiary/aromatic N) is 1. The van der Waals surface area contributed by atoms with Gasteiger partial charge >= 0.3 is 12.0 Å². The predicted molar refractivity (Wildman–Crippen MR) is 101 cm³/mol. The largest absolute Gasteiger partial charge is 0.452 e. The number of methoxy groups -OCH3 is 1. The van der Waals surface area contributed by atoms with Gasteiger partial charge in [0.05, 0.1) is 12.2 Å². The molecule has 1 saturated carbocycles. The molecule has 9 nitrogen and oxygen atoms in total. The van der Waals surface area contributed by atoms with E-state index in [4.69, 9.17) is 9.47 Å². The SMILES string of the molecule is COCc1ccc(C(=O)OCC(=O)NN2C(=O)NC3(CCC(C)CC3)C2=O)cc1. The molecule has 29 heavy (non-hydrogen) atoms. The number of imide groups is 1. The molecule has 0 aromatic heterocycles. The van der Waals surface area contributed by atoms with Crippen molar-refractivity contribution in [3.63, 3.8) is 0 Å². The minimum atomic E-state index is -0.947. The van der Waals surface area contributed by atoms with E-state index in [1.54, 1.807) is 31.4 Å². The van der Waals surface area contributed by atoms with Crippen molar-refractivity contribution in [3.05, 3.63) is 35.4 Å². The van der Waals surface area contributed by atoms with Crippen LogP contribution in [0.5, 0.6) is 0 Å². The molecule has 1 saturated heterocycles. The van der Waals surface area contributed by atoms with Crippen LogP contribution >= 0.6 is 0 Å². The van der Waals surface area contributed by atoms with E-state index in [-0.39, 0.29) is 5.56 Å². The van der Waals surface area contributed by atoms with Crippen molar-refractivity contribution in [2.24, 2.45) is 5.92 Å². The Bertz CT molecular complexity index is 799. The number of ether oxygens (including phenoxy) is 2. The number of hydrazine groups is 1. The zero-order valence-electron chi connectivity index (χ0n) is 16.5. The lowest BCUT2D eigenvalue weighted by molar-refractivity contribution is -0.141. The molecule has 0 bridgehead atoms. The molecule has 2 N–H and O–H groups in total. The number of esters is 1. The van der Waals surface area contributed by atoms with Gasteiger partial charge in [-0.2, -0.15) is 5.01 Å². The van der Waals surface area contributed by atoms with E-state index in [1.165, 1.54) is 0 Å². The summed E-state index contributed by atoms with van der Waals surface area (Å²) < 4.78 is 9.97. The molecule has 1 heterocycles. The van der Waals surface area contributed by atoms with Crippen LogP contribution in [0.2, 0.25) is 0 Å². The van der Waals surface area contributed by atoms with Gasteiger partial charge in [0, 0.05) is 7.11 Å². The molecule has 0 atom stereocenters. The van der Waals surface area contributed by atoms with Gasteiger partial charge in [-0.3, -0.25) is 15.0 Å². The molecule has 1 aliphatic heterocycles. The van der Waals surface area contributed by atoms with Gasteiger partial charge in [0.15, 0.2) is 6.61 Å². The van der Waals surface area contributed by atoms with Crippen molar-refractivity contribution >= 4 is 23.8 Å². The first-order chi connectivity index (χ1) is 13.8. The number of benzene rings is 1. The van der Waals surface area contributed by atoms with Crippen LogP contribution in [0.3, 0.4) is 0 Å². The molecule has 2 aliphatic rings. The predicted octanol–water partition coefficient (Wildman–Crippen LogP) is 1.52. The summed E-state index contributed by atoms with van der Waals surface area (Å²) in [5.74, 6) is -1.42. The quantitative estimate of drug-likeness (QED) is 0.550. The fraction of sp³-hybridized carbons (Fsp3) is 0.500. The average Bonchev–Trinajstić information content (AvgIpc) is 2.93. The minimum Gasteiger partial charge on any atom is -0.452 e. The Kier molecular flexibility index (Phi) is 6.17. The number of carbonyl (C=O) groups is 4. The summed E-state index contributed by atoms with van der Waals surface area (Å²) in [6.45, 7) is 1.91. The maximum absolute atomic E-state index is 12.7. The van der Waals surface area contributed by atoms with Gasteiger partial charge in [-0.1, -0.05) is 19.1 Å². The van der Waals surface area contributed by atoms with E-state index in [2.05, 4.69) is 17.7 Å². The highest BCUT2D eigenvalue weighted by Gasteiger charge is 2.52. The van der Waals surface area contributed by atoms with E-state index >= 15 is 0 Å². The number of urea groups is 1. The van der Waals surface area contributed by atoms with Gasteiger partial charge < -0.3 is 14.8 Å². The lowest BCUT2D eigenvalue weighted by Gasteiger charge is -2.33. The molecular weight excluding hydrogens is 378 g/mol. The Morgan fingerprint density at radius 2 is 1.86 bits per heavy atom. The average molecular weight is 403 g/mol. The fourth-order valence-corrected chi connectivity index (χ4v) is 3.59. The molecule has 9 heteroatoms. The highest BCUT2D eigenvalue weighted by Crippen LogP contribution is 2.35. The topological polar surface area (TPSA) is 114 Å². The third kappa shape index (κ3) is 4.56. The highest BCUT2D eigenvalue weighted by atomic mass is 16.5. The van der Waals surface area contributed by atoms with E-state index in [1.807, 2.05) is 0 Å². The van der Waals surface area contributed by atoms with Crippen molar-refractivity contribution in [3.8, 4) is 0 Å². The van der Waals surface area contributed by atoms with Gasteiger partial charge in [-0.15, -0.1) is 0 Å². The Hall–Kier alpha value is -2.94. The molecule has 2 fully saturated rings. The summed E-state index contributed by atoms with van der Waals surface area (Å²) in [5.41, 5.74) is 2.46. The van der Waals surface area contributed by atoms with Gasteiger partial charge in [0.25, 0.3) is 11.8 Å². The van der Waals surface area contributed by atoms with Crippen LogP contribution in [0.1, 0.15) is 48.5 Å². The van der Waals surface area contributed by atoms with E-state index in [0.717, 1.165) is 18.4 Å². The molecule has 1 aromatic rings. The Balaban J connectivity index is 1.52. The van der Waals surface area contributed by atoms with Gasteiger partial charge in [0.1, 0.15) is 5.54 Å². The molecule has 4 amide bonds. The van der Waals surface area contributed by atoms with Crippen LogP contribution in [-0.4, -0.2) is 48.1 Å². The number of hydrogen-bond donors (Lipinski definition) is 2. The maximum Gasteiger partial charge on any atom is 0.344 e. The molecule has 3 rings (SSSR count). The van der Waals surface area contributed by atoms with Crippen LogP contribution in [0.4, 0.5) is 4.79 Å². The molecule has 0 unspecified atom stereocenters. The molecule has 1 aromatic carbocycles. The van der Waals surface area contributed by atoms with Crippen LogP contribution < -0.4 is 10.7 Å². The van der Waals surface area contributed by atoms with E-state index < -0.39 is 36.0 Å². The molecule has 0 radical (unpaired) electrons. The smallest absolute Gasteiger partial charge is 0.344 e. The van der Waals surface area contributed by atoms with Gasteiger partial charge in [-0.25, -0.2) is 9.59 Å². The summed E-state index contributed by atoms with van der Waals surface area (Å²) in [4.78, 5) is 49.0. The number of carbonyl (C=O) groups excluding carboxylic acids is 4. The maximum atomic E-state index is 12.7. The second-order valence-electron chi connectivity index (χ2n) is 7.58. The molecule has 1 aliphatic carbocycles. The van der Waals surface area contributed by atoms with Crippen LogP contribution in [0.25, 0.3) is 0 Å². The first kappa shape index (κ1) is 20.8. The summed E-state index contributed by atoms with van der Waals surface area (Å²) in [7, 11) is 1.57. The van der Waals surface area contributed by atoms with Gasteiger partial charge in [-0.05, 0) is 49.3 Å². The van der Waals surface area contributed by atoms with Crippen LogP contribution in [0.15, 0.2) is 24.3 Å². The van der Waals surface area contributed by atoms with Crippen molar-refractivity contribution in [2.45, 2.75) is 44.8 Å². The standard InChI is InChI=1S/C20H25N3O6/c1-13-7-9-20(10-8-13)18(26)23(19(27)21-20)22-16(24)12-29-17(25)15-5-3-14(4-6-15)11-28-2/h3-6,13H,7-12H2,1-2H3,(H,21,27)(H,22,24). The Morgan fingerprint density at radius 1 is 1.21 bits per heavy atom. The zero-order chi connectivity index (χ0) is 21.0. The number of amides is 4. The lowest BCUT2D eigenvalue weighted by Crippen LogP contribution is -2.52. The highest BCUT2D eigenvalue weighted by molar-refractivity contribution is 6.08. The Labute approximate surface area is 168 Å². The second kappa shape index (κ2) is 8.60. The van der Waals surface area contributed by atoms with E-state index in [0.29, 0.717) is 30.4 Å². The molecule has 156 valence electrons. The Morgan fingerprint density at radius 3 is 2.48 bits per heavy atom. The number of nitrogens with one attached hydrogen (secondary N) is 2. The summed E-state index contributed by atoms with van der Waals surface area (Å²) in [6.07, 6.45) is 2.74. The van der Waals surface area contributed by atoms with Crippen molar-refractivity contribution in [2.75, 3.05) is 13.7 Å². The van der Waals surface area contributed by atoms with Crippen molar-refractivity contribution in [1.82, 2.24) is 15.8 Å². The number of hydrogen-bond acceptors (Lipinski definition) is 6. The monoisotopic (exact) mass is 403 g/mol. The summed E-state index contributed by atoms with van der Waals surface area (Å²) >= 11 is 0. The zero-order valence-corrected chi connectivity index (χ0v) is 16.5. The summed E-state index contributed by atoms with van der Waals surface area (Å²) in [5, 5.41) is 3.39. The fourth-order valence-electron chi connectivity index (χ4n) is 3.59. The summed E-state index contributed by atoms with van der Waals surface area (Å²) in [6, 6.07) is 5.91. The third-order valence-electron chi connectivity index (χ3n) is 5.36. The first-order valence-electron chi connectivity index (χ1n) is 9.56. The molecular formula is C20H25N3O6. The van der Waals surface area contributed by atoms with Crippen LogP contribution in [-0.2, 0) is 25.7 Å². The normalized spacial score (nSPS) is 23.8. The molecule has 1 spiro atoms. The lowest BCUT2D eigenvalue weighted by atomic mass is 9.77. The van der Waals surface area contributed by atoms with Crippen molar-refractivity contribution in [1.29, 1.82) is 0 Å². The first-order valence-corrected chi connectivity index (χ1v) is 9.56.